The third-order valence-corrected chi connectivity index (χ3v) is 15.3. The van der Waals surface area contributed by atoms with Gasteiger partial charge in [0.1, 0.15) is 12.2 Å². The third kappa shape index (κ3) is 8.97. The fourth-order valence-electron chi connectivity index (χ4n) is 5.12. The molecule has 3 aromatic carbocycles. The van der Waals surface area contributed by atoms with Crippen molar-refractivity contribution in [2.24, 2.45) is 0 Å². The molecule has 0 bridgehead atoms. The van der Waals surface area contributed by atoms with Gasteiger partial charge in [-0.15, -0.1) is 0 Å². The van der Waals surface area contributed by atoms with Crippen molar-refractivity contribution >= 4 is 26.5 Å². The van der Waals surface area contributed by atoms with E-state index in [0.29, 0.717) is 38.6 Å². The lowest BCUT2D eigenvalue weighted by Crippen LogP contribution is -2.45. The molecule has 2 saturated heterocycles. The maximum Gasteiger partial charge on any atom is 0.104 e. The van der Waals surface area contributed by atoms with Gasteiger partial charge < -0.3 is 18.9 Å². The van der Waals surface area contributed by atoms with E-state index >= 15 is 0 Å². The van der Waals surface area contributed by atoms with E-state index in [0.717, 1.165) is 26.1 Å². The minimum absolute atomic E-state index is 0.329. The summed E-state index contributed by atoms with van der Waals surface area (Å²) in [6, 6.07) is 30.3. The van der Waals surface area contributed by atoms with Gasteiger partial charge in [0, 0.05) is 0 Å². The normalized spacial score (nSPS) is 18.6. The van der Waals surface area contributed by atoms with Crippen molar-refractivity contribution in [2.75, 3.05) is 26.4 Å². The molecule has 6 heteroatoms. The summed E-state index contributed by atoms with van der Waals surface area (Å²) >= 11 is 0. The Morgan fingerprint density at radius 1 is 0.550 bits per heavy atom. The summed E-state index contributed by atoms with van der Waals surface area (Å²) in [5.74, 6) is 0. The molecule has 0 spiro atoms. The van der Waals surface area contributed by atoms with Gasteiger partial charge in [-0.3, -0.25) is 0 Å². The standard InChI is InChI=1S/C34H46O4Si2/c1-39(2,19-17-27-5-9-29(10-6-27)21-35-23-31-25-37-31)33-13-15-34(16-14-33)40(3,4)20-18-28-7-11-30(12-8-28)22-36-24-32-26-38-32/h5-16,31-32H,17-26H2,1-4H3. The molecule has 0 saturated carbocycles. The van der Waals surface area contributed by atoms with Crippen molar-refractivity contribution in [3.63, 3.8) is 0 Å². The zero-order valence-corrected chi connectivity index (χ0v) is 26.8. The SMILES string of the molecule is C[Si](C)(CCc1ccc(COCC2CO2)cc1)c1ccc([Si](C)(C)CCc2ccc(COCC3CO3)cc2)cc1. The lowest BCUT2D eigenvalue weighted by molar-refractivity contribution is 0.104. The van der Waals surface area contributed by atoms with Gasteiger partial charge in [0.05, 0.1) is 55.8 Å². The highest BCUT2D eigenvalue weighted by atomic mass is 28.3. The number of hydrogen-bond donors (Lipinski definition) is 0. The summed E-state index contributed by atoms with van der Waals surface area (Å²) < 4.78 is 21.9. The van der Waals surface area contributed by atoms with Crippen LogP contribution in [0.5, 0.6) is 0 Å². The van der Waals surface area contributed by atoms with Gasteiger partial charge in [0.2, 0.25) is 0 Å². The van der Waals surface area contributed by atoms with Gasteiger partial charge in [-0.05, 0) is 47.2 Å². The molecular weight excluding hydrogens is 529 g/mol. The lowest BCUT2D eigenvalue weighted by atomic mass is 10.1. The predicted octanol–water partition coefficient (Wildman–Crippen LogP) is 5.83. The van der Waals surface area contributed by atoms with Crippen LogP contribution in [0.15, 0.2) is 72.8 Å². The second-order valence-electron chi connectivity index (χ2n) is 12.9. The van der Waals surface area contributed by atoms with Gasteiger partial charge >= 0.3 is 0 Å². The van der Waals surface area contributed by atoms with E-state index in [1.165, 1.54) is 34.3 Å². The van der Waals surface area contributed by atoms with Gasteiger partial charge in [-0.25, -0.2) is 0 Å². The molecule has 3 aromatic rings. The molecule has 214 valence electrons. The molecule has 2 heterocycles. The molecule has 2 fully saturated rings. The van der Waals surface area contributed by atoms with Gasteiger partial charge in [-0.2, -0.15) is 0 Å². The molecule has 0 amide bonds. The Morgan fingerprint density at radius 3 is 1.20 bits per heavy atom. The summed E-state index contributed by atoms with van der Waals surface area (Å²) in [5.41, 5.74) is 5.33. The maximum absolute atomic E-state index is 5.73. The van der Waals surface area contributed by atoms with Gasteiger partial charge in [0.15, 0.2) is 0 Å². The summed E-state index contributed by atoms with van der Waals surface area (Å²) in [4.78, 5) is 0. The first-order chi connectivity index (χ1) is 19.3. The Hall–Kier alpha value is -2.07. The number of epoxide rings is 2. The molecule has 2 atom stereocenters. The van der Waals surface area contributed by atoms with Crippen LogP contribution in [-0.2, 0) is 45.0 Å². The molecule has 0 N–H and O–H groups in total. The molecule has 0 aliphatic carbocycles. The first kappa shape index (κ1) is 29.4. The van der Waals surface area contributed by atoms with E-state index in [9.17, 15) is 0 Å². The largest absolute Gasteiger partial charge is 0.374 e. The number of hydrogen-bond acceptors (Lipinski definition) is 4. The molecule has 5 rings (SSSR count). The summed E-state index contributed by atoms with van der Waals surface area (Å²) in [6.45, 7) is 14.5. The first-order valence-corrected chi connectivity index (χ1v) is 21.3. The summed E-state index contributed by atoms with van der Waals surface area (Å²) in [7, 11) is -3.03. The Labute approximate surface area is 243 Å². The highest BCUT2D eigenvalue weighted by Gasteiger charge is 2.27. The topological polar surface area (TPSA) is 43.5 Å². The fourth-order valence-corrected chi connectivity index (χ4v) is 9.67. The highest BCUT2D eigenvalue weighted by molar-refractivity contribution is 6.91. The van der Waals surface area contributed by atoms with Crippen LogP contribution in [0.1, 0.15) is 22.3 Å². The van der Waals surface area contributed by atoms with Crippen LogP contribution in [0.2, 0.25) is 38.3 Å². The van der Waals surface area contributed by atoms with E-state index in [1.807, 2.05) is 0 Å². The van der Waals surface area contributed by atoms with Crippen LogP contribution >= 0.6 is 0 Å². The Morgan fingerprint density at radius 2 is 0.875 bits per heavy atom. The predicted molar refractivity (Wildman–Crippen MR) is 169 cm³/mol. The van der Waals surface area contributed by atoms with Crippen molar-refractivity contribution in [1.29, 1.82) is 0 Å². The minimum Gasteiger partial charge on any atom is -0.374 e. The number of aryl methyl sites for hydroxylation is 2. The van der Waals surface area contributed by atoms with Crippen LogP contribution in [0, 0.1) is 0 Å². The molecule has 0 radical (unpaired) electrons. The van der Waals surface area contributed by atoms with Crippen molar-refractivity contribution in [3.05, 3.63) is 95.1 Å². The average Bonchev–Trinajstić information content (AvgIpc) is 3.89. The van der Waals surface area contributed by atoms with E-state index in [4.69, 9.17) is 18.9 Å². The summed E-state index contributed by atoms with van der Waals surface area (Å²) in [6.07, 6.45) is 2.93. The van der Waals surface area contributed by atoms with Crippen molar-refractivity contribution in [3.8, 4) is 0 Å². The maximum atomic E-state index is 5.73. The van der Waals surface area contributed by atoms with Crippen LogP contribution in [0.3, 0.4) is 0 Å². The Bertz CT molecular complexity index is 1100. The number of ether oxygens (including phenoxy) is 4. The zero-order valence-electron chi connectivity index (χ0n) is 24.8. The molecule has 40 heavy (non-hydrogen) atoms. The number of benzene rings is 3. The highest BCUT2D eigenvalue weighted by Crippen LogP contribution is 2.19. The van der Waals surface area contributed by atoms with E-state index < -0.39 is 16.1 Å². The third-order valence-electron chi connectivity index (χ3n) is 8.52. The first-order valence-electron chi connectivity index (χ1n) is 14.9. The quantitative estimate of drug-likeness (QED) is 0.159. The monoisotopic (exact) mass is 574 g/mol. The van der Waals surface area contributed by atoms with Crippen molar-refractivity contribution in [2.45, 2.75) is 76.5 Å². The minimum atomic E-state index is -1.51. The Kier molecular flexibility index (Phi) is 9.77. The van der Waals surface area contributed by atoms with E-state index in [-0.39, 0.29) is 0 Å². The van der Waals surface area contributed by atoms with Crippen LogP contribution in [-0.4, -0.2) is 54.8 Å². The smallest absolute Gasteiger partial charge is 0.104 e. The molecule has 2 aliphatic rings. The molecule has 2 aliphatic heterocycles. The number of rotatable bonds is 16. The molecular formula is C34H46O4Si2. The second kappa shape index (κ2) is 13.3. The Balaban J connectivity index is 1.08. The zero-order chi connectivity index (χ0) is 28.0. The molecule has 2 unspecified atom stereocenters. The van der Waals surface area contributed by atoms with Gasteiger partial charge in [-0.1, -0.05) is 109 Å². The van der Waals surface area contributed by atoms with Gasteiger partial charge in [0.25, 0.3) is 0 Å². The molecule has 4 nitrogen and oxygen atoms in total. The fraction of sp³-hybridized carbons (Fsp3) is 0.471. The van der Waals surface area contributed by atoms with E-state index in [1.54, 1.807) is 10.4 Å². The average molecular weight is 575 g/mol. The van der Waals surface area contributed by atoms with Crippen LogP contribution in [0.4, 0.5) is 0 Å². The van der Waals surface area contributed by atoms with Crippen LogP contribution < -0.4 is 10.4 Å². The summed E-state index contributed by atoms with van der Waals surface area (Å²) in [5, 5.41) is 3.14. The van der Waals surface area contributed by atoms with Crippen molar-refractivity contribution < 1.29 is 18.9 Å². The second-order valence-corrected chi connectivity index (χ2v) is 22.6. The molecule has 0 aromatic heterocycles. The lowest BCUT2D eigenvalue weighted by Gasteiger charge is -2.27. The van der Waals surface area contributed by atoms with Crippen LogP contribution in [0.25, 0.3) is 0 Å². The van der Waals surface area contributed by atoms with Crippen molar-refractivity contribution in [1.82, 2.24) is 0 Å². The van der Waals surface area contributed by atoms with E-state index in [2.05, 4.69) is 99.0 Å².